The molecule has 0 saturated carbocycles. The summed E-state index contributed by atoms with van der Waals surface area (Å²) in [5.74, 6) is -0.184. The van der Waals surface area contributed by atoms with Gasteiger partial charge in [-0.3, -0.25) is 4.79 Å². The average molecular weight is 241 g/mol. The largest absolute Gasteiger partial charge is 0.386 e. The number of carbonyl (C=O) groups is 1. The van der Waals surface area contributed by atoms with Crippen LogP contribution < -0.4 is 5.32 Å². The second kappa shape index (κ2) is 6.85. The Morgan fingerprint density at radius 1 is 1.50 bits per heavy atom. The van der Waals surface area contributed by atoms with Gasteiger partial charge in [-0.1, -0.05) is 28.9 Å². The molecule has 0 bridgehead atoms. The molecule has 0 atom stereocenters. The lowest BCUT2D eigenvalue weighted by atomic mass is 10.2. The first-order valence-electron chi connectivity index (χ1n) is 4.90. The minimum atomic E-state index is -0.184. The van der Waals surface area contributed by atoms with E-state index in [2.05, 4.69) is 10.5 Å². The average Bonchev–Trinajstić information content (AvgIpc) is 2.27. The van der Waals surface area contributed by atoms with E-state index in [0.717, 1.165) is 5.56 Å². The fourth-order valence-electron chi connectivity index (χ4n) is 0.991. The molecule has 0 fully saturated rings. The van der Waals surface area contributed by atoms with Crippen LogP contribution in [0.2, 0.25) is 5.02 Å². The maximum absolute atomic E-state index is 11.0. The van der Waals surface area contributed by atoms with Crippen molar-refractivity contribution in [1.29, 1.82) is 0 Å². The molecule has 16 heavy (non-hydrogen) atoms. The number of nitrogens with zero attached hydrogens (tertiary/aromatic N) is 1. The summed E-state index contributed by atoms with van der Waals surface area (Å²) in [6, 6.07) is 7.13. The molecular weight excluding hydrogens is 228 g/mol. The van der Waals surface area contributed by atoms with Gasteiger partial charge in [0.1, 0.15) is 0 Å². The summed E-state index contributed by atoms with van der Waals surface area (Å²) < 4.78 is 0. The van der Waals surface area contributed by atoms with Crippen LogP contribution >= 0.6 is 11.6 Å². The molecule has 86 valence electrons. The van der Waals surface area contributed by atoms with Gasteiger partial charge in [0.2, 0.25) is 0 Å². The van der Waals surface area contributed by atoms with Crippen LogP contribution in [0.1, 0.15) is 12.5 Å². The zero-order valence-corrected chi connectivity index (χ0v) is 9.70. The summed E-state index contributed by atoms with van der Waals surface area (Å²) in [5.41, 5.74) is 0.861. The van der Waals surface area contributed by atoms with Crippen molar-refractivity contribution in [3.05, 3.63) is 34.9 Å². The third-order valence-corrected chi connectivity index (χ3v) is 1.97. The van der Waals surface area contributed by atoms with Crippen LogP contribution in [0.5, 0.6) is 0 Å². The molecule has 0 aliphatic heterocycles. The number of rotatable bonds is 5. The minimum absolute atomic E-state index is 0.0715. The summed E-state index contributed by atoms with van der Waals surface area (Å²) in [6.45, 7) is 2.36. The highest BCUT2D eigenvalue weighted by atomic mass is 35.5. The number of oxime groups is 1. The minimum Gasteiger partial charge on any atom is -0.386 e. The van der Waals surface area contributed by atoms with Gasteiger partial charge in [-0.15, -0.1) is 0 Å². The van der Waals surface area contributed by atoms with Gasteiger partial charge in [-0.2, -0.15) is 0 Å². The monoisotopic (exact) mass is 240 g/mol. The van der Waals surface area contributed by atoms with Crippen LogP contribution in [-0.4, -0.2) is 25.3 Å². The molecule has 0 heterocycles. The van der Waals surface area contributed by atoms with E-state index < -0.39 is 0 Å². The molecular formula is C11H13ClN2O2. The summed E-state index contributed by atoms with van der Waals surface area (Å²) in [6.07, 6.45) is 1.52. The Bertz CT molecular complexity index is 363. The fourth-order valence-corrected chi connectivity index (χ4v) is 1.12. The summed E-state index contributed by atoms with van der Waals surface area (Å²) in [5, 5.41) is 6.93. The normalized spacial score (nSPS) is 10.4. The van der Waals surface area contributed by atoms with Crippen molar-refractivity contribution >= 4 is 23.7 Å². The Labute approximate surface area is 99.2 Å². The number of carbonyl (C=O) groups excluding carboxylic acids is 1. The van der Waals surface area contributed by atoms with E-state index in [4.69, 9.17) is 16.4 Å². The molecule has 1 N–H and O–H groups in total. The third-order valence-electron chi connectivity index (χ3n) is 1.72. The lowest BCUT2D eigenvalue weighted by molar-refractivity contribution is -0.125. The number of nitrogens with one attached hydrogen (secondary N) is 1. The van der Waals surface area contributed by atoms with Gasteiger partial charge in [-0.05, 0) is 24.6 Å². The number of hydrogen-bond acceptors (Lipinski definition) is 3. The quantitative estimate of drug-likeness (QED) is 0.631. The summed E-state index contributed by atoms with van der Waals surface area (Å²) >= 11 is 5.72. The fraction of sp³-hybridized carbons (Fsp3) is 0.273. The van der Waals surface area contributed by atoms with Crippen LogP contribution in [0, 0.1) is 0 Å². The maximum atomic E-state index is 11.0. The van der Waals surface area contributed by atoms with Crippen LogP contribution in [0.25, 0.3) is 0 Å². The zero-order valence-electron chi connectivity index (χ0n) is 8.94. The number of amides is 1. The predicted molar refractivity (Wildman–Crippen MR) is 63.7 cm³/mol. The molecule has 1 aromatic rings. The molecule has 0 aromatic heterocycles. The summed E-state index contributed by atoms with van der Waals surface area (Å²) in [4.78, 5) is 15.8. The highest BCUT2D eigenvalue weighted by Gasteiger charge is 1.97. The third kappa shape index (κ3) is 4.79. The molecule has 4 nitrogen and oxygen atoms in total. The van der Waals surface area contributed by atoms with E-state index in [1.54, 1.807) is 24.3 Å². The van der Waals surface area contributed by atoms with E-state index >= 15 is 0 Å². The molecule has 1 rings (SSSR count). The predicted octanol–water partition coefficient (Wildman–Crippen LogP) is 1.83. The van der Waals surface area contributed by atoms with Crippen molar-refractivity contribution in [1.82, 2.24) is 5.32 Å². The van der Waals surface area contributed by atoms with Gasteiger partial charge in [0.15, 0.2) is 6.61 Å². The van der Waals surface area contributed by atoms with E-state index in [1.165, 1.54) is 6.21 Å². The molecule has 0 aliphatic carbocycles. The van der Waals surface area contributed by atoms with E-state index in [-0.39, 0.29) is 12.5 Å². The number of benzene rings is 1. The second-order valence-electron chi connectivity index (χ2n) is 3.01. The van der Waals surface area contributed by atoms with Crippen molar-refractivity contribution in [2.24, 2.45) is 5.16 Å². The van der Waals surface area contributed by atoms with Crippen molar-refractivity contribution in [2.75, 3.05) is 13.2 Å². The van der Waals surface area contributed by atoms with E-state index in [9.17, 15) is 4.79 Å². The SMILES string of the molecule is CCNC(=O)CO/N=C/c1ccc(Cl)cc1. The summed E-state index contributed by atoms with van der Waals surface area (Å²) in [7, 11) is 0. The lowest BCUT2D eigenvalue weighted by Gasteiger charge is -1.99. The van der Waals surface area contributed by atoms with Gasteiger partial charge >= 0.3 is 0 Å². The second-order valence-corrected chi connectivity index (χ2v) is 3.45. The van der Waals surface area contributed by atoms with Gasteiger partial charge in [-0.25, -0.2) is 0 Å². The molecule has 0 aliphatic rings. The first-order valence-corrected chi connectivity index (χ1v) is 5.27. The Kier molecular flexibility index (Phi) is 5.36. The number of halogens is 1. The first kappa shape index (κ1) is 12.5. The van der Waals surface area contributed by atoms with Crippen LogP contribution in [-0.2, 0) is 9.63 Å². The van der Waals surface area contributed by atoms with Crippen LogP contribution in [0.3, 0.4) is 0 Å². The van der Waals surface area contributed by atoms with Crippen LogP contribution in [0.15, 0.2) is 29.4 Å². The highest BCUT2D eigenvalue weighted by Crippen LogP contribution is 2.07. The van der Waals surface area contributed by atoms with Crippen LogP contribution in [0.4, 0.5) is 0 Å². The topological polar surface area (TPSA) is 50.7 Å². The number of hydrogen-bond donors (Lipinski definition) is 1. The Balaban J connectivity index is 2.32. The van der Waals surface area contributed by atoms with Crippen molar-refractivity contribution < 1.29 is 9.63 Å². The van der Waals surface area contributed by atoms with E-state index in [1.807, 2.05) is 6.92 Å². The van der Waals surface area contributed by atoms with Crippen molar-refractivity contribution in [2.45, 2.75) is 6.92 Å². The molecule has 0 spiro atoms. The zero-order chi connectivity index (χ0) is 11.8. The van der Waals surface area contributed by atoms with Crippen molar-refractivity contribution in [3.8, 4) is 0 Å². The molecule has 0 unspecified atom stereocenters. The van der Waals surface area contributed by atoms with Gasteiger partial charge in [0.25, 0.3) is 5.91 Å². The Morgan fingerprint density at radius 2 is 2.19 bits per heavy atom. The van der Waals surface area contributed by atoms with Gasteiger partial charge in [0, 0.05) is 11.6 Å². The molecule has 1 amide bonds. The highest BCUT2D eigenvalue weighted by molar-refractivity contribution is 6.30. The van der Waals surface area contributed by atoms with E-state index in [0.29, 0.717) is 11.6 Å². The maximum Gasteiger partial charge on any atom is 0.260 e. The molecule has 0 saturated heterocycles. The van der Waals surface area contributed by atoms with Crippen molar-refractivity contribution in [3.63, 3.8) is 0 Å². The van der Waals surface area contributed by atoms with Gasteiger partial charge < -0.3 is 10.2 Å². The smallest absolute Gasteiger partial charge is 0.260 e. The lowest BCUT2D eigenvalue weighted by Crippen LogP contribution is -2.26. The number of likely N-dealkylation sites (N-methyl/N-ethyl adjacent to an activating group) is 1. The molecule has 0 radical (unpaired) electrons. The molecule has 5 heteroatoms. The Hall–Kier alpha value is -1.55. The molecule has 1 aromatic carbocycles. The Morgan fingerprint density at radius 3 is 2.81 bits per heavy atom. The van der Waals surface area contributed by atoms with Gasteiger partial charge in [0.05, 0.1) is 6.21 Å². The first-order chi connectivity index (χ1) is 7.72. The standard InChI is InChI=1S/C11H13ClN2O2/c1-2-13-11(15)8-16-14-7-9-3-5-10(12)6-4-9/h3-7H,2,8H2,1H3,(H,13,15)/b14-7+.